The van der Waals surface area contributed by atoms with Gasteiger partial charge in [-0.1, -0.05) is 0 Å². The maximum atomic E-state index is 12.5. The molecule has 1 saturated heterocycles. The van der Waals surface area contributed by atoms with Gasteiger partial charge in [-0.05, 0) is 39.4 Å². The maximum absolute atomic E-state index is 12.5. The zero-order valence-electron chi connectivity index (χ0n) is 14.1. The summed E-state index contributed by atoms with van der Waals surface area (Å²) in [4.78, 5) is 16.0. The Labute approximate surface area is 137 Å². The zero-order chi connectivity index (χ0) is 16.8. The molecule has 2 rings (SSSR count). The van der Waals surface area contributed by atoms with E-state index in [0.29, 0.717) is 12.1 Å². The summed E-state index contributed by atoms with van der Waals surface area (Å²) < 4.78 is 7.20. The van der Waals surface area contributed by atoms with Gasteiger partial charge in [-0.3, -0.25) is 9.48 Å². The number of ether oxygens (including phenoxy) is 1. The molecular formula is C16H25N5O2. The molecule has 1 fully saturated rings. The summed E-state index contributed by atoms with van der Waals surface area (Å²) in [6.45, 7) is 2.22. The lowest BCUT2D eigenvalue weighted by Gasteiger charge is -2.24. The first-order valence-corrected chi connectivity index (χ1v) is 7.97. The van der Waals surface area contributed by atoms with Crippen molar-refractivity contribution < 1.29 is 9.53 Å². The third-order valence-electron chi connectivity index (χ3n) is 4.18. The van der Waals surface area contributed by atoms with Gasteiger partial charge < -0.3 is 14.5 Å². The van der Waals surface area contributed by atoms with Crippen molar-refractivity contribution in [3.63, 3.8) is 0 Å². The molecular weight excluding hydrogens is 294 g/mol. The average Bonchev–Trinajstić information content (AvgIpc) is 3.05. The Balaban J connectivity index is 2.01. The van der Waals surface area contributed by atoms with Crippen LogP contribution in [0.2, 0.25) is 0 Å². The molecule has 2 heterocycles. The third-order valence-corrected chi connectivity index (χ3v) is 4.18. The van der Waals surface area contributed by atoms with Gasteiger partial charge in [0.1, 0.15) is 11.7 Å². The standard InChI is InChI=1S/C16H25N5O2/c1-19(2)8-4-14(12-17)20(3)16(22)15-5-9-21(18-15)13-6-10-23-11-7-13/h5,9,13-14H,4,6-8,10-11H2,1-3H3/t14-/m0/s1. The molecule has 1 aliphatic heterocycles. The van der Waals surface area contributed by atoms with E-state index in [9.17, 15) is 10.1 Å². The molecule has 0 aromatic carbocycles. The number of amides is 1. The number of hydrogen-bond acceptors (Lipinski definition) is 5. The van der Waals surface area contributed by atoms with E-state index in [4.69, 9.17) is 4.74 Å². The number of hydrogen-bond donors (Lipinski definition) is 0. The smallest absolute Gasteiger partial charge is 0.275 e. The van der Waals surface area contributed by atoms with Gasteiger partial charge in [0.15, 0.2) is 0 Å². The summed E-state index contributed by atoms with van der Waals surface area (Å²) in [6, 6.07) is 3.78. The number of aromatic nitrogens is 2. The molecule has 0 aliphatic carbocycles. The first-order chi connectivity index (χ1) is 11.0. The van der Waals surface area contributed by atoms with E-state index in [1.54, 1.807) is 13.1 Å². The largest absolute Gasteiger partial charge is 0.381 e. The van der Waals surface area contributed by atoms with Gasteiger partial charge in [0.05, 0.1) is 12.1 Å². The fraction of sp³-hybridized carbons (Fsp3) is 0.688. The fourth-order valence-electron chi connectivity index (χ4n) is 2.65. The van der Waals surface area contributed by atoms with E-state index in [2.05, 4.69) is 11.2 Å². The minimum atomic E-state index is -0.446. The lowest BCUT2D eigenvalue weighted by atomic mass is 10.1. The monoisotopic (exact) mass is 319 g/mol. The van der Waals surface area contributed by atoms with E-state index in [0.717, 1.165) is 32.6 Å². The molecule has 1 aromatic heterocycles. The quantitative estimate of drug-likeness (QED) is 0.786. The van der Waals surface area contributed by atoms with E-state index >= 15 is 0 Å². The van der Waals surface area contributed by atoms with Crippen molar-refractivity contribution in [2.45, 2.75) is 31.3 Å². The molecule has 0 spiro atoms. The third kappa shape index (κ3) is 4.53. The van der Waals surface area contributed by atoms with Crippen molar-refractivity contribution >= 4 is 5.91 Å². The number of nitriles is 1. The Hall–Kier alpha value is -1.91. The normalized spacial score (nSPS) is 17.0. The van der Waals surface area contributed by atoms with Crippen LogP contribution in [0.15, 0.2) is 12.3 Å². The second-order valence-electron chi connectivity index (χ2n) is 6.18. The lowest BCUT2D eigenvalue weighted by Crippen LogP contribution is -2.38. The van der Waals surface area contributed by atoms with E-state index < -0.39 is 6.04 Å². The van der Waals surface area contributed by atoms with Crippen LogP contribution in [0.3, 0.4) is 0 Å². The second kappa shape index (κ2) is 8.09. The molecule has 126 valence electrons. The van der Waals surface area contributed by atoms with Crippen LogP contribution in [0.1, 0.15) is 35.8 Å². The molecule has 1 aromatic rings. The van der Waals surface area contributed by atoms with Gasteiger partial charge in [0.2, 0.25) is 0 Å². The summed E-state index contributed by atoms with van der Waals surface area (Å²) in [5.41, 5.74) is 0.393. The Morgan fingerprint density at radius 1 is 1.48 bits per heavy atom. The van der Waals surface area contributed by atoms with Crippen molar-refractivity contribution in [1.29, 1.82) is 5.26 Å². The van der Waals surface area contributed by atoms with Crippen LogP contribution >= 0.6 is 0 Å². The van der Waals surface area contributed by atoms with Crippen molar-refractivity contribution in [3.05, 3.63) is 18.0 Å². The topological polar surface area (TPSA) is 74.4 Å². The summed E-state index contributed by atoms with van der Waals surface area (Å²) in [6.07, 6.45) is 4.29. The highest BCUT2D eigenvalue weighted by Gasteiger charge is 2.24. The fourth-order valence-corrected chi connectivity index (χ4v) is 2.65. The zero-order valence-corrected chi connectivity index (χ0v) is 14.1. The Morgan fingerprint density at radius 3 is 2.78 bits per heavy atom. The Kier molecular flexibility index (Phi) is 6.13. The Bertz CT molecular complexity index is 557. The molecule has 1 atom stereocenters. The predicted octanol–water partition coefficient (Wildman–Crippen LogP) is 1.15. The molecule has 23 heavy (non-hydrogen) atoms. The molecule has 0 saturated carbocycles. The highest BCUT2D eigenvalue weighted by Crippen LogP contribution is 2.20. The van der Waals surface area contributed by atoms with Crippen molar-refractivity contribution in [1.82, 2.24) is 19.6 Å². The van der Waals surface area contributed by atoms with Crippen LogP contribution in [0.4, 0.5) is 0 Å². The van der Waals surface area contributed by atoms with Gasteiger partial charge in [-0.25, -0.2) is 0 Å². The van der Waals surface area contributed by atoms with Gasteiger partial charge in [0, 0.05) is 33.0 Å². The summed E-state index contributed by atoms with van der Waals surface area (Å²) in [5.74, 6) is -0.207. The number of carbonyl (C=O) groups is 1. The molecule has 1 amide bonds. The van der Waals surface area contributed by atoms with Crippen LogP contribution < -0.4 is 0 Å². The lowest BCUT2D eigenvalue weighted by molar-refractivity contribution is 0.0654. The van der Waals surface area contributed by atoms with Crippen molar-refractivity contribution in [2.24, 2.45) is 0 Å². The predicted molar refractivity (Wildman–Crippen MR) is 86.0 cm³/mol. The summed E-state index contributed by atoms with van der Waals surface area (Å²) in [5, 5.41) is 13.7. The van der Waals surface area contributed by atoms with Crippen molar-refractivity contribution in [2.75, 3.05) is 40.9 Å². The van der Waals surface area contributed by atoms with Crippen LogP contribution in [-0.2, 0) is 4.74 Å². The minimum Gasteiger partial charge on any atom is -0.381 e. The second-order valence-corrected chi connectivity index (χ2v) is 6.18. The minimum absolute atomic E-state index is 0.207. The van der Waals surface area contributed by atoms with Gasteiger partial charge in [-0.15, -0.1) is 0 Å². The average molecular weight is 319 g/mol. The molecule has 7 heteroatoms. The van der Waals surface area contributed by atoms with Crippen LogP contribution in [-0.4, -0.2) is 72.4 Å². The van der Waals surface area contributed by atoms with E-state index in [1.807, 2.05) is 29.9 Å². The van der Waals surface area contributed by atoms with Crippen LogP contribution in [0.25, 0.3) is 0 Å². The van der Waals surface area contributed by atoms with Gasteiger partial charge >= 0.3 is 0 Å². The van der Waals surface area contributed by atoms with Crippen molar-refractivity contribution in [3.8, 4) is 6.07 Å². The first-order valence-electron chi connectivity index (χ1n) is 7.97. The molecule has 1 aliphatic rings. The summed E-state index contributed by atoms with van der Waals surface area (Å²) >= 11 is 0. The van der Waals surface area contributed by atoms with Crippen LogP contribution in [0, 0.1) is 11.3 Å². The van der Waals surface area contributed by atoms with Gasteiger partial charge in [0.25, 0.3) is 5.91 Å². The number of nitrogens with zero attached hydrogens (tertiary/aromatic N) is 5. The summed E-state index contributed by atoms with van der Waals surface area (Å²) in [7, 11) is 5.57. The highest BCUT2D eigenvalue weighted by atomic mass is 16.5. The van der Waals surface area contributed by atoms with Crippen LogP contribution in [0.5, 0.6) is 0 Å². The molecule has 0 radical (unpaired) electrons. The SMILES string of the molecule is CN(C)CC[C@@H](C#N)N(C)C(=O)c1ccn(C2CCOCC2)n1. The highest BCUT2D eigenvalue weighted by molar-refractivity contribution is 5.92. The molecule has 7 nitrogen and oxygen atoms in total. The number of carbonyl (C=O) groups excluding carboxylic acids is 1. The molecule has 0 bridgehead atoms. The van der Waals surface area contributed by atoms with E-state index in [-0.39, 0.29) is 11.9 Å². The number of rotatable bonds is 6. The molecule has 0 N–H and O–H groups in total. The van der Waals surface area contributed by atoms with Gasteiger partial charge in [-0.2, -0.15) is 10.4 Å². The Morgan fingerprint density at radius 2 is 2.17 bits per heavy atom. The first kappa shape index (κ1) is 17.4. The maximum Gasteiger partial charge on any atom is 0.275 e. The molecule has 0 unspecified atom stereocenters. The van der Waals surface area contributed by atoms with E-state index in [1.165, 1.54) is 4.90 Å².